The summed E-state index contributed by atoms with van der Waals surface area (Å²) in [5, 5.41) is 0. The molecule has 0 unspecified atom stereocenters. The third-order valence-corrected chi connectivity index (χ3v) is 4.94. The Morgan fingerprint density at radius 2 is 1.89 bits per heavy atom. The normalized spacial score (nSPS) is 20.3. The van der Waals surface area contributed by atoms with E-state index in [-0.39, 0.29) is 6.04 Å². The molecule has 1 saturated heterocycles. The molecule has 1 aromatic heterocycles. The number of rotatable bonds is 4. The molecule has 1 atom stereocenters. The summed E-state index contributed by atoms with van der Waals surface area (Å²) < 4.78 is 0. The molecule has 0 amide bonds. The van der Waals surface area contributed by atoms with Gasteiger partial charge in [-0.15, -0.1) is 0 Å². The van der Waals surface area contributed by atoms with Crippen molar-refractivity contribution < 1.29 is 0 Å². The van der Waals surface area contributed by atoms with E-state index < -0.39 is 0 Å². The topological polar surface area (TPSA) is 42.1 Å². The highest BCUT2D eigenvalue weighted by molar-refractivity contribution is 5.40. The van der Waals surface area contributed by atoms with Crippen molar-refractivity contribution in [3.63, 3.8) is 0 Å². The van der Waals surface area contributed by atoms with Gasteiger partial charge in [0.1, 0.15) is 5.82 Å². The van der Waals surface area contributed by atoms with Crippen molar-refractivity contribution in [2.75, 3.05) is 18.0 Å². The van der Waals surface area contributed by atoms with Crippen LogP contribution in [0, 0.1) is 5.41 Å². The lowest BCUT2D eigenvalue weighted by atomic mass is 9.74. The maximum Gasteiger partial charge on any atom is 0.128 e. The van der Waals surface area contributed by atoms with E-state index >= 15 is 0 Å². The van der Waals surface area contributed by atoms with Crippen LogP contribution in [0.3, 0.4) is 0 Å². The summed E-state index contributed by atoms with van der Waals surface area (Å²) in [6.45, 7) is 8.91. The molecule has 0 saturated carbocycles. The average Bonchev–Trinajstić information content (AvgIpc) is 2.47. The molecule has 0 aromatic carbocycles. The average molecular weight is 261 g/mol. The predicted molar refractivity (Wildman–Crippen MR) is 81.3 cm³/mol. The Morgan fingerprint density at radius 3 is 2.32 bits per heavy atom. The van der Waals surface area contributed by atoms with Crippen molar-refractivity contribution in [2.24, 2.45) is 11.1 Å². The Balaban J connectivity index is 2.01. The van der Waals surface area contributed by atoms with Gasteiger partial charge in [0.25, 0.3) is 0 Å². The number of hydrogen-bond donors (Lipinski definition) is 1. The van der Waals surface area contributed by atoms with Crippen LogP contribution in [0.15, 0.2) is 18.3 Å². The molecule has 1 aromatic rings. The second-order valence-electron chi connectivity index (χ2n) is 5.93. The van der Waals surface area contributed by atoms with E-state index in [1.54, 1.807) is 0 Å². The first-order valence-corrected chi connectivity index (χ1v) is 7.57. The van der Waals surface area contributed by atoms with Crippen LogP contribution in [-0.4, -0.2) is 18.1 Å². The Kier molecular flexibility index (Phi) is 4.46. The number of nitrogens with zero attached hydrogens (tertiary/aromatic N) is 2. The van der Waals surface area contributed by atoms with Crippen LogP contribution in [0.4, 0.5) is 5.82 Å². The van der Waals surface area contributed by atoms with Gasteiger partial charge in [-0.25, -0.2) is 4.98 Å². The van der Waals surface area contributed by atoms with Gasteiger partial charge in [-0.1, -0.05) is 32.8 Å². The molecular formula is C16H27N3. The molecule has 1 aliphatic rings. The summed E-state index contributed by atoms with van der Waals surface area (Å²) in [6.07, 6.45) is 7.09. The minimum absolute atomic E-state index is 0.0655. The van der Waals surface area contributed by atoms with E-state index in [1.807, 2.05) is 13.1 Å². The van der Waals surface area contributed by atoms with Crippen molar-refractivity contribution in [3.8, 4) is 0 Å². The maximum absolute atomic E-state index is 5.86. The summed E-state index contributed by atoms with van der Waals surface area (Å²) in [6, 6.07) is 4.29. The number of aromatic nitrogens is 1. The van der Waals surface area contributed by atoms with Crippen LogP contribution in [0.2, 0.25) is 0 Å². The van der Waals surface area contributed by atoms with Crippen LogP contribution >= 0.6 is 0 Å². The van der Waals surface area contributed by atoms with Crippen LogP contribution in [0.5, 0.6) is 0 Å². The van der Waals surface area contributed by atoms with E-state index in [1.165, 1.54) is 25.7 Å². The maximum atomic E-state index is 5.86. The van der Waals surface area contributed by atoms with Gasteiger partial charge >= 0.3 is 0 Å². The fourth-order valence-electron chi connectivity index (χ4n) is 3.02. The fourth-order valence-corrected chi connectivity index (χ4v) is 3.02. The first kappa shape index (κ1) is 14.3. The Bertz CT molecular complexity index is 383. The summed E-state index contributed by atoms with van der Waals surface area (Å²) in [4.78, 5) is 6.98. The summed E-state index contributed by atoms with van der Waals surface area (Å²) in [7, 11) is 0. The Labute approximate surface area is 117 Å². The summed E-state index contributed by atoms with van der Waals surface area (Å²) in [5.41, 5.74) is 7.54. The molecule has 0 spiro atoms. The number of piperidine rings is 1. The van der Waals surface area contributed by atoms with Crippen molar-refractivity contribution >= 4 is 5.82 Å². The van der Waals surface area contributed by atoms with Crippen molar-refractivity contribution in [3.05, 3.63) is 23.9 Å². The van der Waals surface area contributed by atoms with Gasteiger partial charge in [0.2, 0.25) is 0 Å². The number of anilines is 1. The monoisotopic (exact) mass is 261 g/mol. The van der Waals surface area contributed by atoms with Gasteiger partial charge in [0.15, 0.2) is 0 Å². The highest BCUT2D eigenvalue weighted by Crippen LogP contribution is 2.38. The van der Waals surface area contributed by atoms with Crippen LogP contribution < -0.4 is 10.6 Å². The van der Waals surface area contributed by atoms with Gasteiger partial charge in [0.05, 0.1) is 0 Å². The fraction of sp³-hybridized carbons (Fsp3) is 0.688. The van der Waals surface area contributed by atoms with E-state index in [2.05, 4.69) is 35.9 Å². The number of hydrogen-bond acceptors (Lipinski definition) is 3. The minimum Gasteiger partial charge on any atom is -0.357 e. The lowest BCUT2D eigenvalue weighted by Crippen LogP contribution is -2.40. The van der Waals surface area contributed by atoms with Gasteiger partial charge < -0.3 is 10.6 Å². The molecular weight excluding hydrogens is 234 g/mol. The SMILES string of the molecule is CCC1(CC)CCN(c2ccc([C@@H](C)N)cn2)CC1. The van der Waals surface area contributed by atoms with Crippen LogP contribution in [0.1, 0.15) is 58.1 Å². The summed E-state index contributed by atoms with van der Waals surface area (Å²) in [5.74, 6) is 1.10. The van der Waals surface area contributed by atoms with Crippen molar-refractivity contribution in [1.29, 1.82) is 0 Å². The number of pyridine rings is 1. The lowest BCUT2D eigenvalue weighted by Gasteiger charge is -2.41. The molecule has 106 valence electrons. The first-order chi connectivity index (χ1) is 9.10. The zero-order chi connectivity index (χ0) is 13.9. The third kappa shape index (κ3) is 3.08. The van der Waals surface area contributed by atoms with Gasteiger partial charge in [0, 0.05) is 25.3 Å². The quantitative estimate of drug-likeness (QED) is 0.902. The highest BCUT2D eigenvalue weighted by atomic mass is 15.2. The molecule has 0 bridgehead atoms. The molecule has 2 heterocycles. The molecule has 3 heteroatoms. The molecule has 19 heavy (non-hydrogen) atoms. The third-order valence-electron chi connectivity index (χ3n) is 4.94. The van der Waals surface area contributed by atoms with Gasteiger partial charge in [-0.05, 0) is 36.8 Å². The molecule has 0 aliphatic carbocycles. The molecule has 1 fully saturated rings. The molecule has 3 nitrogen and oxygen atoms in total. The molecule has 2 rings (SSSR count). The zero-order valence-electron chi connectivity index (χ0n) is 12.5. The Hall–Kier alpha value is -1.09. The second-order valence-corrected chi connectivity index (χ2v) is 5.93. The summed E-state index contributed by atoms with van der Waals surface area (Å²) >= 11 is 0. The Morgan fingerprint density at radius 1 is 1.26 bits per heavy atom. The second kappa shape index (κ2) is 5.91. The van der Waals surface area contributed by atoms with E-state index in [0.717, 1.165) is 24.5 Å². The lowest BCUT2D eigenvalue weighted by molar-refractivity contribution is 0.199. The minimum atomic E-state index is 0.0655. The predicted octanol–water partition coefficient (Wildman–Crippen LogP) is 3.51. The van der Waals surface area contributed by atoms with Crippen LogP contribution in [0.25, 0.3) is 0 Å². The molecule has 1 aliphatic heterocycles. The van der Waals surface area contributed by atoms with E-state index in [4.69, 9.17) is 5.73 Å². The van der Waals surface area contributed by atoms with Crippen LogP contribution in [-0.2, 0) is 0 Å². The zero-order valence-corrected chi connectivity index (χ0v) is 12.5. The van der Waals surface area contributed by atoms with Crippen molar-refractivity contribution in [2.45, 2.75) is 52.5 Å². The number of nitrogens with two attached hydrogens (primary N) is 1. The van der Waals surface area contributed by atoms with Gasteiger partial charge in [-0.3, -0.25) is 0 Å². The van der Waals surface area contributed by atoms with E-state index in [9.17, 15) is 0 Å². The highest BCUT2D eigenvalue weighted by Gasteiger charge is 2.31. The van der Waals surface area contributed by atoms with Crippen molar-refractivity contribution in [1.82, 2.24) is 4.98 Å². The largest absolute Gasteiger partial charge is 0.357 e. The first-order valence-electron chi connectivity index (χ1n) is 7.57. The van der Waals surface area contributed by atoms with Gasteiger partial charge in [-0.2, -0.15) is 0 Å². The van der Waals surface area contributed by atoms with E-state index in [0.29, 0.717) is 5.41 Å². The smallest absolute Gasteiger partial charge is 0.128 e. The molecule has 0 radical (unpaired) electrons. The standard InChI is InChI=1S/C16H27N3/c1-4-16(5-2)8-10-19(11-9-16)15-7-6-14(12-18-15)13(3)17/h6-7,12-13H,4-5,8-11,17H2,1-3H3/t13-/m1/s1. The molecule has 2 N–H and O–H groups in total.